The van der Waals surface area contributed by atoms with Crippen molar-refractivity contribution in [1.29, 1.82) is 0 Å². The molecule has 1 aliphatic rings. The Morgan fingerprint density at radius 3 is 2.38 bits per heavy atom. The summed E-state index contributed by atoms with van der Waals surface area (Å²) in [6, 6.07) is -0.389. The van der Waals surface area contributed by atoms with Crippen molar-refractivity contribution in [2.75, 3.05) is 0 Å². The van der Waals surface area contributed by atoms with Gasteiger partial charge in [-0.1, -0.05) is 19.3 Å². The highest BCUT2D eigenvalue weighted by Crippen LogP contribution is 2.12. The van der Waals surface area contributed by atoms with Gasteiger partial charge in [-0.2, -0.15) is 0 Å². The van der Waals surface area contributed by atoms with Crippen molar-refractivity contribution in [1.82, 2.24) is 4.90 Å². The lowest BCUT2D eigenvalue weighted by Gasteiger charge is -2.20. The molecule has 3 nitrogen and oxygen atoms in total. The third-order valence-corrected chi connectivity index (χ3v) is 1.91. The number of amides is 2. The molecule has 13 heavy (non-hydrogen) atoms. The minimum atomic E-state index is -0.389. The van der Waals surface area contributed by atoms with Crippen molar-refractivity contribution in [2.24, 2.45) is 0 Å². The second-order valence-corrected chi connectivity index (χ2v) is 2.85. The quantitative estimate of drug-likeness (QED) is 0.470. The van der Waals surface area contributed by atoms with E-state index in [1.807, 2.05) is 6.92 Å². The van der Waals surface area contributed by atoms with Gasteiger partial charge in [0.15, 0.2) is 0 Å². The monoisotopic (exact) mass is 177 g/mol. The van der Waals surface area contributed by atoms with Gasteiger partial charge in [0.25, 0.3) is 11.8 Å². The zero-order chi connectivity index (χ0) is 9.84. The van der Waals surface area contributed by atoms with Crippen LogP contribution in [-0.2, 0) is 9.59 Å². The minimum absolute atomic E-state index is 0.304. The summed E-state index contributed by atoms with van der Waals surface area (Å²) >= 11 is 0. The Bertz CT molecular complexity index is 281. The Balaban J connectivity index is 2.76. The second kappa shape index (κ2) is 3.90. The fourth-order valence-electron chi connectivity index (χ4n) is 1.28. The van der Waals surface area contributed by atoms with Crippen LogP contribution >= 0.6 is 0 Å². The molecule has 1 atom stereocenters. The molecule has 1 rings (SSSR count). The van der Waals surface area contributed by atoms with E-state index in [2.05, 4.69) is 5.92 Å². The van der Waals surface area contributed by atoms with Crippen molar-refractivity contribution < 1.29 is 9.59 Å². The lowest BCUT2D eigenvalue weighted by molar-refractivity contribution is -0.138. The van der Waals surface area contributed by atoms with E-state index >= 15 is 0 Å². The van der Waals surface area contributed by atoms with Crippen molar-refractivity contribution in [2.45, 2.75) is 25.8 Å². The van der Waals surface area contributed by atoms with E-state index in [1.54, 1.807) is 0 Å². The highest BCUT2D eigenvalue weighted by molar-refractivity contribution is 6.13. The van der Waals surface area contributed by atoms with Crippen LogP contribution in [0.1, 0.15) is 19.8 Å². The maximum absolute atomic E-state index is 11.2. The minimum Gasteiger partial charge on any atom is -0.269 e. The van der Waals surface area contributed by atoms with Crippen molar-refractivity contribution in [3.63, 3.8) is 0 Å². The Morgan fingerprint density at radius 1 is 1.46 bits per heavy atom. The summed E-state index contributed by atoms with van der Waals surface area (Å²) in [5, 5.41) is 0. The zero-order valence-corrected chi connectivity index (χ0v) is 7.49. The van der Waals surface area contributed by atoms with E-state index in [1.165, 1.54) is 12.2 Å². The smallest absolute Gasteiger partial charge is 0.254 e. The molecule has 2 amide bonds. The highest BCUT2D eigenvalue weighted by atomic mass is 16.2. The van der Waals surface area contributed by atoms with Gasteiger partial charge >= 0.3 is 0 Å². The molecule has 1 unspecified atom stereocenters. The van der Waals surface area contributed by atoms with E-state index in [0.717, 1.165) is 11.3 Å². The number of imide groups is 1. The van der Waals surface area contributed by atoms with Crippen LogP contribution in [0.4, 0.5) is 0 Å². The van der Waals surface area contributed by atoms with Crippen LogP contribution < -0.4 is 0 Å². The first-order valence-corrected chi connectivity index (χ1v) is 4.22. The van der Waals surface area contributed by atoms with Crippen LogP contribution in [0.5, 0.6) is 0 Å². The van der Waals surface area contributed by atoms with E-state index < -0.39 is 0 Å². The lowest BCUT2D eigenvalue weighted by atomic mass is 10.1. The highest BCUT2D eigenvalue weighted by Gasteiger charge is 2.29. The lowest BCUT2D eigenvalue weighted by Crippen LogP contribution is -2.39. The Hall–Kier alpha value is -1.56. The van der Waals surface area contributed by atoms with E-state index in [0.29, 0.717) is 6.42 Å². The SMILES string of the molecule is C#CC(CCC)N1C(=O)C=CC1=O. The van der Waals surface area contributed by atoms with Gasteiger partial charge in [0.1, 0.15) is 6.04 Å². The van der Waals surface area contributed by atoms with Gasteiger partial charge in [-0.3, -0.25) is 14.5 Å². The topological polar surface area (TPSA) is 37.4 Å². The molecule has 3 heteroatoms. The molecule has 1 heterocycles. The summed E-state index contributed by atoms with van der Waals surface area (Å²) in [5.74, 6) is 1.84. The molecule has 68 valence electrons. The number of carbonyl (C=O) groups is 2. The molecule has 0 aromatic carbocycles. The van der Waals surface area contributed by atoms with Crippen LogP contribution in [0.3, 0.4) is 0 Å². The molecular formula is C10H11NO2. The fourth-order valence-corrected chi connectivity index (χ4v) is 1.28. The summed E-state index contributed by atoms with van der Waals surface area (Å²) in [7, 11) is 0. The number of terminal acetylenes is 1. The second-order valence-electron chi connectivity index (χ2n) is 2.85. The van der Waals surface area contributed by atoms with Crippen LogP contribution in [-0.4, -0.2) is 22.8 Å². The molecule has 0 N–H and O–H groups in total. The molecule has 0 radical (unpaired) electrons. The first-order valence-electron chi connectivity index (χ1n) is 4.22. The predicted molar refractivity (Wildman–Crippen MR) is 48.5 cm³/mol. The molecule has 1 aliphatic heterocycles. The fraction of sp³-hybridized carbons (Fsp3) is 0.400. The molecule has 0 bridgehead atoms. The van der Waals surface area contributed by atoms with Gasteiger partial charge in [-0.15, -0.1) is 6.42 Å². The van der Waals surface area contributed by atoms with Crippen molar-refractivity contribution in [3.05, 3.63) is 12.2 Å². The number of hydrogen-bond donors (Lipinski definition) is 0. The van der Waals surface area contributed by atoms with Gasteiger partial charge in [-0.25, -0.2) is 0 Å². The van der Waals surface area contributed by atoms with Gasteiger partial charge in [0, 0.05) is 12.2 Å². The van der Waals surface area contributed by atoms with Crippen LogP contribution in [0.25, 0.3) is 0 Å². The standard InChI is InChI=1S/C10H11NO2/c1-3-5-8(4-2)11-9(12)6-7-10(11)13/h2,6-8H,3,5H2,1H3. The molecule has 0 spiro atoms. The first kappa shape index (κ1) is 9.53. The van der Waals surface area contributed by atoms with Gasteiger partial charge < -0.3 is 0 Å². The van der Waals surface area contributed by atoms with Gasteiger partial charge in [0.2, 0.25) is 0 Å². The summed E-state index contributed by atoms with van der Waals surface area (Å²) in [6.07, 6.45) is 9.26. The molecule has 0 aromatic heterocycles. The third-order valence-electron chi connectivity index (χ3n) is 1.91. The van der Waals surface area contributed by atoms with Crippen LogP contribution in [0, 0.1) is 12.3 Å². The molecular weight excluding hydrogens is 166 g/mol. The Kier molecular flexibility index (Phi) is 2.86. The molecule has 0 aliphatic carbocycles. The Morgan fingerprint density at radius 2 is 2.00 bits per heavy atom. The van der Waals surface area contributed by atoms with E-state index in [4.69, 9.17) is 6.42 Å². The van der Waals surface area contributed by atoms with E-state index in [9.17, 15) is 9.59 Å². The van der Waals surface area contributed by atoms with E-state index in [-0.39, 0.29) is 17.9 Å². The first-order chi connectivity index (χ1) is 6.20. The zero-order valence-electron chi connectivity index (χ0n) is 7.49. The van der Waals surface area contributed by atoms with Crippen LogP contribution in [0.2, 0.25) is 0 Å². The summed E-state index contributed by atoms with van der Waals surface area (Å²) < 4.78 is 0. The third kappa shape index (κ3) is 1.78. The number of rotatable bonds is 3. The number of carbonyl (C=O) groups excluding carboxylic acids is 2. The molecule has 0 aromatic rings. The Labute approximate surface area is 77.4 Å². The average Bonchev–Trinajstić information content (AvgIpc) is 2.43. The van der Waals surface area contributed by atoms with Gasteiger partial charge in [-0.05, 0) is 6.42 Å². The normalized spacial score (nSPS) is 17.7. The molecule has 0 saturated heterocycles. The maximum atomic E-state index is 11.2. The number of hydrogen-bond acceptors (Lipinski definition) is 2. The average molecular weight is 177 g/mol. The summed E-state index contributed by atoms with van der Waals surface area (Å²) in [6.45, 7) is 1.96. The number of nitrogens with zero attached hydrogens (tertiary/aromatic N) is 1. The maximum Gasteiger partial charge on any atom is 0.254 e. The van der Waals surface area contributed by atoms with Crippen molar-refractivity contribution >= 4 is 11.8 Å². The van der Waals surface area contributed by atoms with Crippen molar-refractivity contribution in [3.8, 4) is 12.3 Å². The predicted octanol–water partition coefficient (Wildman–Crippen LogP) is 0.713. The molecule has 0 saturated carbocycles. The summed E-state index contributed by atoms with van der Waals surface area (Å²) in [4.78, 5) is 23.5. The molecule has 0 fully saturated rings. The van der Waals surface area contributed by atoms with Crippen LogP contribution in [0.15, 0.2) is 12.2 Å². The van der Waals surface area contributed by atoms with Gasteiger partial charge in [0.05, 0.1) is 0 Å². The summed E-state index contributed by atoms with van der Waals surface area (Å²) in [5.41, 5.74) is 0. The largest absolute Gasteiger partial charge is 0.269 e.